The number of nitrogens with one attached hydrogen (secondary N) is 1. The molecule has 1 aliphatic heterocycles. The third-order valence-electron chi connectivity index (χ3n) is 4.28. The van der Waals surface area contributed by atoms with Gasteiger partial charge in [0.1, 0.15) is 0 Å². The lowest BCUT2D eigenvalue weighted by atomic mass is 10.1. The fourth-order valence-electron chi connectivity index (χ4n) is 2.68. The van der Waals surface area contributed by atoms with E-state index >= 15 is 0 Å². The van der Waals surface area contributed by atoms with Gasteiger partial charge in [0.25, 0.3) is 0 Å². The molecule has 2 rings (SSSR count). The van der Waals surface area contributed by atoms with Crippen LogP contribution < -0.4 is 5.32 Å². The molecule has 1 aromatic rings. The van der Waals surface area contributed by atoms with Crippen molar-refractivity contribution in [3.63, 3.8) is 0 Å². The van der Waals surface area contributed by atoms with Crippen LogP contribution in [-0.4, -0.2) is 50.7 Å². The van der Waals surface area contributed by atoms with Gasteiger partial charge in [0, 0.05) is 31.8 Å². The number of nitrogens with zero attached hydrogens (tertiary/aromatic N) is 1. The first-order valence-corrected chi connectivity index (χ1v) is 10.0. The highest BCUT2D eigenvalue weighted by Gasteiger charge is 2.25. The van der Waals surface area contributed by atoms with Gasteiger partial charge in [-0.1, -0.05) is 6.07 Å². The summed E-state index contributed by atoms with van der Waals surface area (Å²) >= 11 is 0. The number of hydrogen-bond acceptors (Lipinski definition) is 4. The number of benzene rings is 1. The van der Waals surface area contributed by atoms with Crippen LogP contribution >= 0.6 is 0 Å². The Hall–Kier alpha value is -1.44. The second-order valence-electron chi connectivity index (χ2n) is 6.35. The fraction of sp³-hybridized carbons (Fsp3) is 0.588. The van der Waals surface area contributed by atoms with E-state index in [-0.39, 0.29) is 25.0 Å². The van der Waals surface area contributed by atoms with Gasteiger partial charge in [-0.2, -0.15) is 4.31 Å². The summed E-state index contributed by atoms with van der Waals surface area (Å²) in [7, 11) is -3.36. The molecular weight excluding hydrogens is 328 g/mol. The van der Waals surface area contributed by atoms with Crippen molar-refractivity contribution in [1.82, 2.24) is 4.31 Å². The zero-order valence-corrected chi connectivity index (χ0v) is 15.4. The zero-order valence-electron chi connectivity index (χ0n) is 14.5. The van der Waals surface area contributed by atoms with Gasteiger partial charge in [0.15, 0.2) is 0 Å². The van der Waals surface area contributed by atoms with E-state index in [0.717, 1.165) is 29.7 Å². The smallest absolute Gasteiger partial charge is 0.225 e. The summed E-state index contributed by atoms with van der Waals surface area (Å²) in [5.74, 6) is -0.195. The Labute approximate surface area is 144 Å². The first-order chi connectivity index (χ1) is 11.3. The number of sulfonamides is 1. The molecule has 1 N–H and O–H groups in total. The summed E-state index contributed by atoms with van der Waals surface area (Å²) in [5.41, 5.74) is 2.99. The van der Waals surface area contributed by atoms with Gasteiger partial charge in [-0.3, -0.25) is 4.79 Å². The molecule has 0 spiro atoms. The number of carbonyl (C=O) groups is 1. The van der Waals surface area contributed by atoms with E-state index in [9.17, 15) is 13.2 Å². The van der Waals surface area contributed by atoms with Gasteiger partial charge in [-0.05, 0) is 49.9 Å². The van der Waals surface area contributed by atoms with Gasteiger partial charge in [0.05, 0.1) is 12.4 Å². The molecule has 0 aliphatic carbocycles. The second kappa shape index (κ2) is 8.09. The molecule has 0 radical (unpaired) electrons. The van der Waals surface area contributed by atoms with Crippen LogP contribution in [0.3, 0.4) is 0 Å². The van der Waals surface area contributed by atoms with E-state index in [1.165, 1.54) is 10.6 Å². The van der Waals surface area contributed by atoms with E-state index in [1.807, 2.05) is 32.0 Å². The molecule has 1 aliphatic rings. The van der Waals surface area contributed by atoms with Crippen LogP contribution in [0, 0.1) is 13.8 Å². The Morgan fingerprint density at radius 2 is 2.08 bits per heavy atom. The minimum atomic E-state index is -3.36. The molecule has 1 fully saturated rings. The molecular formula is C17H26N2O4S. The number of aryl methyl sites for hydroxylation is 2. The number of carbonyl (C=O) groups excluding carboxylic acids is 1. The topological polar surface area (TPSA) is 75.7 Å². The molecule has 134 valence electrons. The summed E-state index contributed by atoms with van der Waals surface area (Å²) in [6, 6.07) is 5.71. The quantitative estimate of drug-likeness (QED) is 0.813. The largest absolute Gasteiger partial charge is 0.377 e. The summed E-state index contributed by atoms with van der Waals surface area (Å²) in [6.07, 6.45) is 3.04. The highest BCUT2D eigenvalue weighted by Crippen LogP contribution is 2.16. The monoisotopic (exact) mass is 354 g/mol. The minimum Gasteiger partial charge on any atom is -0.377 e. The number of rotatable bonds is 7. The van der Waals surface area contributed by atoms with Crippen LogP contribution in [0.4, 0.5) is 5.69 Å². The number of anilines is 1. The van der Waals surface area contributed by atoms with Gasteiger partial charge < -0.3 is 10.1 Å². The molecule has 1 heterocycles. The molecule has 1 saturated heterocycles. The number of hydrogen-bond donors (Lipinski definition) is 1. The Kier molecular flexibility index (Phi) is 6.37. The first-order valence-electron chi connectivity index (χ1n) is 8.19. The standard InChI is InChI=1S/C17H26N2O4S/c1-13-6-7-15(11-14(13)2)18-17(20)8-9-19(24(3,21)22)12-16-5-4-10-23-16/h6-7,11,16H,4-5,8-10,12H2,1-3H3,(H,18,20). The predicted molar refractivity (Wildman–Crippen MR) is 94.6 cm³/mol. The Morgan fingerprint density at radius 3 is 2.67 bits per heavy atom. The molecule has 7 heteroatoms. The van der Waals surface area contributed by atoms with Crippen molar-refractivity contribution in [2.24, 2.45) is 0 Å². The predicted octanol–water partition coefficient (Wildman–Crippen LogP) is 2.07. The van der Waals surface area contributed by atoms with Crippen LogP contribution in [0.15, 0.2) is 18.2 Å². The van der Waals surface area contributed by atoms with Crippen LogP contribution in [0.1, 0.15) is 30.4 Å². The van der Waals surface area contributed by atoms with E-state index < -0.39 is 10.0 Å². The lowest BCUT2D eigenvalue weighted by molar-refractivity contribution is -0.116. The van der Waals surface area contributed by atoms with Crippen LogP contribution in [0.25, 0.3) is 0 Å². The summed E-state index contributed by atoms with van der Waals surface area (Å²) < 4.78 is 30.7. The zero-order chi connectivity index (χ0) is 17.7. The average molecular weight is 354 g/mol. The molecule has 1 atom stereocenters. The van der Waals surface area contributed by atoms with Crippen molar-refractivity contribution in [2.45, 2.75) is 39.2 Å². The molecule has 0 saturated carbocycles. The van der Waals surface area contributed by atoms with Gasteiger partial charge >= 0.3 is 0 Å². The highest BCUT2D eigenvalue weighted by atomic mass is 32.2. The summed E-state index contributed by atoms with van der Waals surface area (Å²) in [4.78, 5) is 12.1. The van der Waals surface area contributed by atoms with Crippen molar-refractivity contribution >= 4 is 21.6 Å². The van der Waals surface area contributed by atoms with Crippen molar-refractivity contribution in [2.75, 3.05) is 31.3 Å². The van der Waals surface area contributed by atoms with Crippen LogP contribution in [-0.2, 0) is 19.6 Å². The van der Waals surface area contributed by atoms with Crippen molar-refractivity contribution in [3.05, 3.63) is 29.3 Å². The maximum absolute atomic E-state index is 12.1. The number of ether oxygens (including phenoxy) is 1. The summed E-state index contributed by atoms with van der Waals surface area (Å²) in [6.45, 7) is 5.15. The van der Waals surface area contributed by atoms with E-state index in [1.54, 1.807) is 0 Å². The second-order valence-corrected chi connectivity index (χ2v) is 8.34. The SMILES string of the molecule is Cc1ccc(NC(=O)CCN(CC2CCCO2)S(C)(=O)=O)cc1C. The fourth-order valence-corrected chi connectivity index (χ4v) is 3.54. The normalized spacial score (nSPS) is 18.1. The third-order valence-corrected chi connectivity index (χ3v) is 5.55. The lowest BCUT2D eigenvalue weighted by Crippen LogP contribution is -2.38. The maximum Gasteiger partial charge on any atom is 0.225 e. The van der Waals surface area contributed by atoms with Crippen molar-refractivity contribution in [3.8, 4) is 0 Å². The van der Waals surface area contributed by atoms with Crippen molar-refractivity contribution < 1.29 is 17.9 Å². The molecule has 1 unspecified atom stereocenters. The highest BCUT2D eigenvalue weighted by molar-refractivity contribution is 7.88. The number of amides is 1. The Bertz CT molecular complexity index is 682. The van der Waals surface area contributed by atoms with E-state index in [4.69, 9.17) is 4.74 Å². The molecule has 6 nitrogen and oxygen atoms in total. The lowest BCUT2D eigenvalue weighted by Gasteiger charge is -2.22. The Balaban J connectivity index is 1.90. The third kappa shape index (κ3) is 5.58. The van der Waals surface area contributed by atoms with Crippen molar-refractivity contribution in [1.29, 1.82) is 0 Å². The Morgan fingerprint density at radius 1 is 1.33 bits per heavy atom. The summed E-state index contributed by atoms with van der Waals surface area (Å²) in [5, 5.41) is 2.82. The molecule has 0 bridgehead atoms. The molecule has 1 aromatic carbocycles. The molecule has 1 amide bonds. The average Bonchev–Trinajstić information content (AvgIpc) is 2.99. The molecule has 24 heavy (non-hydrogen) atoms. The van der Waals surface area contributed by atoms with Crippen LogP contribution in [0.5, 0.6) is 0 Å². The van der Waals surface area contributed by atoms with E-state index in [2.05, 4.69) is 5.32 Å². The van der Waals surface area contributed by atoms with Gasteiger partial charge in [0.2, 0.25) is 15.9 Å². The van der Waals surface area contributed by atoms with Crippen LogP contribution in [0.2, 0.25) is 0 Å². The first kappa shape index (κ1) is 18.9. The minimum absolute atomic E-state index is 0.0671. The van der Waals surface area contributed by atoms with Gasteiger partial charge in [-0.25, -0.2) is 8.42 Å². The van der Waals surface area contributed by atoms with E-state index in [0.29, 0.717) is 13.2 Å². The van der Waals surface area contributed by atoms with Gasteiger partial charge in [-0.15, -0.1) is 0 Å². The molecule has 0 aromatic heterocycles. The maximum atomic E-state index is 12.1.